The molecule has 0 aliphatic carbocycles. The van der Waals surface area contributed by atoms with E-state index in [9.17, 15) is 14.4 Å². The average molecular weight is 341 g/mol. The molecular formula is C19H19NO5. The number of imide groups is 1. The maximum atomic E-state index is 13.1. The number of carbonyl (C=O) groups excluding carboxylic acids is 3. The standard InChI is InChI=1S/C19H19NO5/c1-10(21)11-5-6-13(24-4)12(9-11)20-16(22)14-15(17(20)23)19(3)8-7-18(14,2)25-19/h5-9,14-15H,1-4H3/t14-,15-,18+,19+/m1/s1. The summed E-state index contributed by atoms with van der Waals surface area (Å²) in [7, 11) is 1.47. The summed E-state index contributed by atoms with van der Waals surface area (Å²) in [6.45, 7) is 5.10. The topological polar surface area (TPSA) is 72.9 Å². The number of methoxy groups -OCH3 is 1. The Balaban J connectivity index is 1.84. The molecule has 2 bridgehead atoms. The lowest BCUT2D eigenvalue weighted by molar-refractivity contribution is -0.128. The normalized spacial score (nSPS) is 35.4. The highest BCUT2D eigenvalue weighted by molar-refractivity contribution is 6.24. The molecule has 3 aliphatic rings. The van der Waals surface area contributed by atoms with Crippen molar-refractivity contribution in [1.29, 1.82) is 0 Å². The van der Waals surface area contributed by atoms with Gasteiger partial charge >= 0.3 is 0 Å². The molecule has 1 aromatic rings. The average Bonchev–Trinajstić information content (AvgIpc) is 3.11. The van der Waals surface area contributed by atoms with E-state index in [4.69, 9.17) is 9.47 Å². The van der Waals surface area contributed by atoms with Crippen LogP contribution in [0, 0.1) is 11.8 Å². The number of carbonyl (C=O) groups is 3. The Morgan fingerprint density at radius 2 is 1.68 bits per heavy atom. The van der Waals surface area contributed by atoms with Crippen molar-refractivity contribution in [3.63, 3.8) is 0 Å². The van der Waals surface area contributed by atoms with E-state index in [1.807, 2.05) is 26.0 Å². The van der Waals surface area contributed by atoms with Crippen molar-refractivity contribution in [2.24, 2.45) is 11.8 Å². The van der Waals surface area contributed by atoms with E-state index in [-0.39, 0.29) is 17.6 Å². The Hall–Kier alpha value is -2.47. The zero-order valence-corrected chi connectivity index (χ0v) is 14.5. The number of amides is 2. The number of ketones is 1. The van der Waals surface area contributed by atoms with Crippen molar-refractivity contribution < 1.29 is 23.9 Å². The quantitative estimate of drug-likeness (QED) is 0.478. The van der Waals surface area contributed by atoms with E-state index < -0.39 is 23.0 Å². The Kier molecular flexibility index (Phi) is 3.07. The van der Waals surface area contributed by atoms with Crippen LogP contribution in [0.5, 0.6) is 5.75 Å². The number of Topliss-reactive ketones (excluding diaryl/α,β-unsaturated/α-hetero) is 1. The van der Waals surface area contributed by atoms with Crippen molar-refractivity contribution in [2.75, 3.05) is 12.0 Å². The van der Waals surface area contributed by atoms with Crippen molar-refractivity contribution in [3.8, 4) is 5.75 Å². The summed E-state index contributed by atoms with van der Waals surface area (Å²) in [5.74, 6) is -1.54. The molecule has 0 aromatic heterocycles. The van der Waals surface area contributed by atoms with E-state index in [1.165, 1.54) is 14.0 Å². The maximum Gasteiger partial charge on any atom is 0.241 e. The van der Waals surface area contributed by atoms with Crippen LogP contribution in [0.2, 0.25) is 0 Å². The second-order valence-corrected chi connectivity index (χ2v) is 7.21. The molecule has 2 fully saturated rings. The molecule has 25 heavy (non-hydrogen) atoms. The number of benzene rings is 1. The maximum absolute atomic E-state index is 13.1. The fourth-order valence-corrected chi connectivity index (χ4v) is 4.35. The van der Waals surface area contributed by atoms with Crippen molar-refractivity contribution >= 4 is 23.3 Å². The number of ether oxygens (including phenoxy) is 2. The minimum absolute atomic E-state index is 0.146. The van der Waals surface area contributed by atoms with Gasteiger partial charge in [-0.2, -0.15) is 0 Å². The van der Waals surface area contributed by atoms with Crippen LogP contribution in [-0.2, 0) is 14.3 Å². The van der Waals surface area contributed by atoms with Gasteiger partial charge in [0.05, 0.1) is 35.8 Å². The lowest BCUT2D eigenvalue weighted by atomic mass is 9.73. The number of nitrogens with zero attached hydrogens (tertiary/aromatic N) is 1. The second kappa shape index (κ2) is 4.79. The Morgan fingerprint density at radius 3 is 2.16 bits per heavy atom. The first kappa shape index (κ1) is 16.0. The van der Waals surface area contributed by atoms with Crippen LogP contribution >= 0.6 is 0 Å². The summed E-state index contributed by atoms with van der Waals surface area (Å²) in [5.41, 5.74) is -0.840. The van der Waals surface area contributed by atoms with Gasteiger partial charge in [0.25, 0.3) is 0 Å². The second-order valence-electron chi connectivity index (χ2n) is 7.21. The number of hydrogen-bond donors (Lipinski definition) is 0. The molecule has 0 saturated carbocycles. The molecule has 2 amide bonds. The van der Waals surface area contributed by atoms with Crippen LogP contribution in [0.4, 0.5) is 5.69 Å². The number of fused-ring (bicyclic) bond motifs is 5. The number of anilines is 1. The van der Waals surface area contributed by atoms with Crippen LogP contribution in [0.3, 0.4) is 0 Å². The van der Waals surface area contributed by atoms with Gasteiger partial charge in [-0.15, -0.1) is 0 Å². The summed E-state index contributed by atoms with van der Waals surface area (Å²) in [5, 5.41) is 0. The molecule has 2 saturated heterocycles. The molecule has 4 rings (SSSR count). The zero-order valence-electron chi connectivity index (χ0n) is 14.5. The molecule has 0 spiro atoms. The highest BCUT2D eigenvalue weighted by Crippen LogP contribution is 2.58. The first-order valence-corrected chi connectivity index (χ1v) is 8.19. The van der Waals surface area contributed by atoms with Crippen molar-refractivity contribution in [3.05, 3.63) is 35.9 Å². The highest BCUT2D eigenvalue weighted by atomic mass is 16.5. The molecule has 1 aromatic carbocycles. The van der Waals surface area contributed by atoms with Gasteiger partial charge in [-0.1, -0.05) is 12.2 Å². The summed E-state index contributed by atoms with van der Waals surface area (Å²) in [6, 6.07) is 4.76. The van der Waals surface area contributed by atoms with Crippen molar-refractivity contribution in [1.82, 2.24) is 0 Å². The predicted octanol–water partition coefficient (Wildman–Crippen LogP) is 2.12. The lowest BCUT2D eigenvalue weighted by Crippen LogP contribution is -2.39. The van der Waals surface area contributed by atoms with E-state index >= 15 is 0 Å². The highest BCUT2D eigenvalue weighted by Gasteiger charge is 2.70. The minimum atomic E-state index is -0.785. The van der Waals surface area contributed by atoms with Gasteiger partial charge in [0.2, 0.25) is 11.8 Å². The molecule has 0 N–H and O–H groups in total. The fraction of sp³-hybridized carbons (Fsp3) is 0.421. The SMILES string of the molecule is COc1ccc(C(C)=O)cc1N1C(=O)[C@H]2[C@H](C1=O)[C@]1(C)C=C[C@]2(C)O1. The first-order valence-electron chi connectivity index (χ1n) is 8.19. The van der Waals surface area contributed by atoms with E-state index in [1.54, 1.807) is 18.2 Å². The van der Waals surface area contributed by atoms with Crippen LogP contribution in [0.1, 0.15) is 31.1 Å². The molecule has 6 nitrogen and oxygen atoms in total. The Bertz CT molecular complexity index is 823. The van der Waals surface area contributed by atoms with E-state index in [0.717, 1.165) is 4.90 Å². The summed E-state index contributed by atoms with van der Waals surface area (Å²) in [4.78, 5) is 39.2. The molecule has 130 valence electrons. The number of rotatable bonds is 3. The van der Waals surface area contributed by atoms with Gasteiger partial charge in [0.15, 0.2) is 5.78 Å². The van der Waals surface area contributed by atoms with Gasteiger partial charge in [-0.25, -0.2) is 4.90 Å². The monoisotopic (exact) mass is 341 g/mol. The first-order chi connectivity index (χ1) is 11.7. The molecule has 0 unspecified atom stereocenters. The minimum Gasteiger partial charge on any atom is -0.495 e. The smallest absolute Gasteiger partial charge is 0.241 e. The summed E-state index contributed by atoms with van der Waals surface area (Å²) >= 11 is 0. The van der Waals surface area contributed by atoms with E-state index in [0.29, 0.717) is 17.0 Å². The molecule has 3 heterocycles. The largest absolute Gasteiger partial charge is 0.495 e. The molecule has 6 heteroatoms. The van der Waals surface area contributed by atoms with Crippen molar-refractivity contribution in [2.45, 2.75) is 32.0 Å². The molecule has 3 aliphatic heterocycles. The Morgan fingerprint density at radius 1 is 1.12 bits per heavy atom. The van der Waals surface area contributed by atoms with Gasteiger partial charge < -0.3 is 9.47 Å². The third-order valence-corrected chi connectivity index (χ3v) is 5.55. The summed E-state index contributed by atoms with van der Waals surface area (Å²) in [6.07, 6.45) is 3.73. The van der Waals surface area contributed by atoms with Crippen LogP contribution in [-0.4, -0.2) is 35.9 Å². The number of hydrogen-bond acceptors (Lipinski definition) is 5. The van der Waals surface area contributed by atoms with Crippen LogP contribution < -0.4 is 9.64 Å². The predicted molar refractivity (Wildman–Crippen MR) is 89.5 cm³/mol. The lowest BCUT2D eigenvalue weighted by Gasteiger charge is -2.26. The fourth-order valence-electron chi connectivity index (χ4n) is 4.35. The van der Waals surface area contributed by atoms with E-state index in [2.05, 4.69) is 0 Å². The molecule has 4 atom stereocenters. The van der Waals surface area contributed by atoms with Crippen LogP contribution in [0.15, 0.2) is 30.4 Å². The van der Waals surface area contributed by atoms with Gasteiger partial charge in [0, 0.05) is 5.56 Å². The van der Waals surface area contributed by atoms with Crippen LogP contribution in [0.25, 0.3) is 0 Å². The third kappa shape index (κ3) is 1.91. The molecule has 0 radical (unpaired) electrons. The zero-order chi connectivity index (χ0) is 18.1. The summed E-state index contributed by atoms with van der Waals surface area (Å²) < 4.78 is 11.3. The Labute approximate surface area is 145 Å². The van der Waals surface area contributed by atoms with Gasteiger partial charge in [-0.05, 0) is 39.0 Å². The third-order valence-electron chi connectivity index (χ3n) is 5.55. The van der Waals surface area contributed by atoms with Gasteiger partial charge in [-0.3, -0.25) is 14.4 Å². The molecular weight excluding hydrogens is 322 g/mol. The van der Waals surface area contributed by atoms with Gasteiger partial charge in [0.1, 0.15) is 5.75 Å².